The summed E-state index contributed by atoms with van der Waals surface area (Å²) in [5, 5.41) is 33.0. The fourth-order valence-electron chi connectivity index (χ4n) is 2.14. The van der Waals surface area contributed by atoms with E-state index >= 15 is 0 Å². The van der Waals surface area contributed by atoms with Crippen LogP contribution in [0, 0.1) is 10.1 Å². The first-order valence-electron chi connectivity index (χ1n) is 7.60. The number of aliphatic hydroxyl groups excluding tert-OH is 1. The van der Waals surface area contributed by atoms with Gasteiger partial charge in [-0.1, -0.05) is 11.1 Å². The van der Waals surface area contributed by atoms with Gasteiger partial charge < -0.3 is 35.7 Å². The number of benzene rings is 1. The zero-order chi connectivity index (χ0) is 20.0. The Morgan fingerprint density at radius 3 is 2.74 bits per heavy atom. The van der Waals surface area contributed by atoms with Crippen molar-refractivity contribution in [3.63, 3.8) is 0 Å². The van der Waals surface area contributed by atoms with Crippen LogP contribution in [0.2, 0.25) is 0 Å². The minimum atomic E-state index is -1.34. The molecule has 1 heterocycles. The van der Waals surface area contributed by atoms with Crippen LogP contribution >= 0.6 is 0 Å². The van der Waals surface area contributed by atoms with Crippen molar-refractivity contribution in [3.8, 4) is 5.75 Å². The Bertz CT molecular complexity index is 864. The van der Waals surface area contributed by atoms with Gasteiger partial charge in [0.25, 0.3) is 0 Å². The van der Waals surface area contributed by atoms with E-state index < -0.39 is 23.5 Å². The van der Waals surface area contributed by atoms with Crippen LogP contribution in [0.25, 0.3) is 0 Å². The molecule has 4 N–H and O–H groups in total. The van der Waals surface area contributed by atoms with Crippen LogP contribution < -0.4 is 15.4 Å². The highest BCUT2D eigenvalue weighted by molar-refractivity contribution is 5.95. The SMILES string of the molecule is Cn1c(COc2ccc(CO)cc2NC(=O)CNC(=O)O)cnc1[N+](=O)[O-]. The maximum atomic E-state index is 11.8. The lowest BCUT2D eigenvalue weighted by molar-refractivity contribution is -0.396. The predicted molar refractivity (Wildman–Crippen MR) is 91.2 cm³/mol. The average molecular weight is 379 g/mol. The second-order valence-corrected chi connectivity index (χ2v) is 5.35. The maximum absolute atomic E-state index is 11.8. The number of aromatic nitrogens is 2. The van der Waals surface area contributed by atoms with Crippen molar-refractivity contribution in [2.24, 2.45) is 7.05 Å². The Hall–Kier alpha value is -3.67. The van der Waals surface area contributed by atoms with Gasteiger partial charge in [0.2, 0.25) is 5.91 Å². The third-order valence-corrected chi connectivity index (χ3v) is 3.50. The van der Waals surface area contributed by atoms with Gasteiger partial charge >= 0.3 is 12.0 Å². The van der Waals surface area contributed by atoms with Gasteiger partial charge in [-0.2, -0.15) is 0 Å². The summed E-state index contributed by atoms with van der Waals surface area (Å²) in [7, 11) is 1.47. The van der Waals surface area contributed by atoms with Crippen molar-refractivity contribution in [3.05, 3.63) is 45.8 Å². The molecule has 2 amide bonds. The molecule has 0 aliphatic heterocycles. The number of hydrogen-bond donors (Lipinski definition) is 4. The minimum absolute atomic E-state index is 0.0634. The van der Waals surface area contributed by atoms with E-state index in [0.717, 1.165) is 0 Å². The van der Waals surface area contributed by atoms with Crippen molar-refractivity contribution >= 4 is 23.6 Å². The molecule has 1 aromatic heterocycles. The molecule has 2 rings (SSSR count). The molecule has 1 aromatic carbocycles. The van der Waals surface area contributed by atoms with Crippen LogP contribution in [-0.4, -0.2) is 43.2 Å². The topological polar surface area (TPSA) is 169 Å². The summed E-state index contributed by atoms with van der Waals surface area (Å²) in [6.45, 7) is -0.803. The molecule has 0 radical (unpaired) electrons. The van der Waals surface area contributed by atoms with E-state index in [1.165, 1.54) is 29.9 Å². The van der Waals surface area contributed by atoms with E-state index in [-0.39, 0.29) is 30.6 Å². The molecule has 0 saturated heterocycles. The number of ether oxygens (including phenoxy) is 1. The minimum Gasteiger partial charge on any atom is -0.484 e. The van der Waals surface area contributed by atoms with Crippen LogP contribution in [-0.2, 0) is 25.1 Å². The Morgan fingerprint density at radius 2 is 2.15 bits per heavy atom. The number of amides is 2. The van der Waals surface area contributed by atoms with E-state index in [1.807, 2.05) is 5.32 Å². The molecular weight excluding hydrogens is 362 g/mol. The van der Waals surface area contributed by atoms with Gasteiger partial charge in [-0.15, -0.1) is 0 Å². The van der Waals surface area contributed by atoms with Crippen LogP contribution in [0.4, 0.5) is 16.4 Å². The number of hydrogen-bond acceptors (Lipinski definition) is 7. The number of nitrogens with zero attached hydrogens (tertiary/aromatic N) is 3. The fraction of sp³-hybridized carbons (Fsp3) is 0.267. The zero-order valence-corrected chi connectivity index (χ0v) is 14.2. The lowest BCUT2D eigenvalue weighted by Gasteiger charge is -2.13. The quantitative estimate of drug-likeness (QED) is 0.382. The number of nitro groups is 1. The lowest BCUT2D eigenvalue weighted by atomic mass is 10.2. The summed E-state index contributed by atoms with van der Waals surface area (Å²) in [6.07, 6.45) is -0.0431. The fourth-order valence-corrected chi connectivity index (χ4v) is 2.14. The van der Waals surface area contributed by atoms with Gasteiger partial charge in [-0.3, -0.25) is 4.79 Å². The third kappa shape index (κ3) is 5.15. The molecular formula is C15H17N5O7. The molecule has 0 aliphatic rings. The van der Waals surface area contributed by atoms with Gasteiger partial charge in [-0.25, -0.2) is 9.36 Å². The van der Waals surface area contributed by atoms with Crippen molar-refractivity contribution in [2.45, 2.75) is 13.2 Å². The number of imidazole rings is 1. The standard InChI is InChI=1S/C15H17N5O7/c1-19-10(5-16-14(19)20(25)26)8-27-12-3-2-9(7-21)4-11(12)18-13(22)6-17-15(23)24/h2-5,17,21H,6-8H2,1H3,(H,18,22)(H,23,24). The van der Waals surface area contributed by atoms with Crippen LogP contribution in [0.5, 0.6) is 5.75 Å². The maximum Gasteiger partial charge on any atom is 0.434 e. The van der Waals surface area contributed by atoms with Crippen molar-refractivity contribution < 1.29 is 29.5 Å². The van der Waals surface area contributed by atoms with E-state index in [0.29, 0.717) is 11.3 Å². The molecule has 12 nitrogen and oxygen atoms in total. The number of carbonyl (C=O) groups is 2. The molecule has 0 unspecified atom stereocenters. The first kappa shape index (κ1) is 19.7. The summed E-state index contributed by atoms with van der Waals surface area (Å²) < 4.78 is 6.87. The molecule has 144 valence electrons. The molecule has 2 aromatic rings. The first-order valence-corrected chi connectivity index (χ1v) is 7.60. The number of nitrogens with one attached hydrogen (secondary N) is 2. The van der Waals surface area contributed by atoms with Crippen molar-refractivity contribution in [1.82, 2.24) is 14.9 Å². The smallest absolute Gasteiger partial charge is 0.434 e. The van der Waals surface area contributed by atoms with Gasteiger partial charge in [0.05, 0.1) is 19.3 Å². The van der Waals surface area contributed by atoms with Gasteiger partial charge in [0.1, 0.15) is 25.1 Å². The normalized spacial score (nSPS) is 10.3. The van der Waals surface area contributed by atoms with Crippen LogP contribution in [0.15, 0.2) is 24.4 Å². The highest BCUT2D eigenvalue weighted by atomic mass is 16.6. The number of anilines is 1. The largest absolute Gasteiger partial charge is 0.484 e. The molecule has 0 bridgehead atoms. The number of carboxylic acid groups (broad SMARTS) is 1. The second-order valence-electron chi connectivity index (χ2n) is 5.35. The van der Waals surface area contributed by atoms with Gasteiger partial charge in [-0.05, 0) is 22.6 Å². The lowest BCUT2D eigenvalue weighted by Crippen LogP contribution is -2.31. The number of aliphatic hydroxyl groups is 1. The molecule has 0 atom stereocenters. The summed E-state index contributed by atoms with van der Waals surface area (Å²) in [6, 6.07) is 4.56. The zero-order valence-electron chi connectivity index (χ0n) is 14.2. The van der Waals surface area contributed by atoms with Gasteiger partial charge in [0, 0.05) is 0 Å². The van der Waals surface area contributed by atoms with Crippen LogP contribution in [0.3, 0.4) is 0 Å². The Balaban J connectivity index is 2.14. The molecule has 0 spiro atoms. The number of rotatable bonds is 8. The number of carbonyl (C=O) groups excluding carboxylic acids is 1. The molecule has 0 fully saturated rings. The molecule has 27 heavy (non-hydrogen) atoms. The van der Waals surface area contributed by atoms with Crippen molar-refractivity contribution in [2.75, 3.05) is 11.9 Å². The summed E-state index contributed by atoms with van der Waals surface area (Å²) in [4.78, 5) is 36.2. The first-order chi connectivity index (χ1) is 12.8. The molecule has 12 heteroatoms. The van der Waals surface area contributed by atoms with E-state index in [1.54, 1.807) is 6.07 Å². The molecule has 0 saturated carbocycles. The second kappa shape index (κ2) is 8.62. The Morgan fingerprint density at radius 1 is 1.41 bits per heavy atom. The monoisotopic (exact) mass is 379 g/mol. The van der Waals surface area contributed by atoms with E-state index in [4.69, 9.17) is 9.84 Å². The third-order valence-electron chi connectivity index (χ3n) is 3.50. The van der Waals surface area contributed by atoms with E-state index in [9.17, 15) is 24.8 Å². The molecule has 0 aliphatic carbocycles. The Labute approximate surface area is 152 Å². The highest BCUT2D eigenvalue weighted by Gasteiger charge is 2.18. The predicted octanol–water partition coefficient (Wildman–Crippen LogP) is 0.606. The van der Waals surface area contributed by atoms with Crippen LogP contribution in [0.1, 0.15) is 11.3 Å². The highest BCUT2D eigenvalue weighted by Crippen LogP contribution is 2.27. The van der Waals surface area contributed by atoms with Crippen molar-refractivity contribution in [1.29, 1.82) is 0 Å². The summed E-state index contributed by atoms with van der Waals surface area (Å²) >= 11 is 0. The van der Waals surface area contributed by atoms with Gasteiger partial charge in [0.15, 0.2) is 5.69 Å². The summed E-state index contributed by atoms with van der Waals surface area (Å²) in [5.74, 6) is -0.731. The summed E-state index contributed by atoms with van der Waals surface area (Å²) in [5.41, 5.74) is 1.15. The Kier molecular flexibility index (Phi) is 6.27. The average Bonchev–Trinajstić information content (AvgIpc) is 2.99. The van der Waals surface area contributed by atoms with E-state index in [2.05, 4.69) is 10.3 Å².